The van der Waals surface area contributed by atoms with Crippen molar-refractivity contribution in [2.45, 2.75) is 19.1 Å². The Bertz CT molecular complexity index is 640. The molecule has 0 saturated heterocycles. The summed E-state index contributed by atoms with van der Waals surface area (Å²) in [5.41, 5.74) is -0.106. The summed E-state index contributed by atoms with van der Waals surface area (Å²) in [5, 5.41) is 0. The lowest BCUT2D eigenvalue weighted by Crippen LogP contribution is -2.12. The Hall–Kier alpha value is -1.44. The molecule has 0 amide bonds. The summed E-state index contributed by atoms with van der Waals surface area (Å²) in [5.74, 6) is -1.75. The number of aromatic amines is 1. The SMILES string of the molecule is Fc1cc(F)c2[nH]c(=S)n(CCC(F)(F)F)c2c1. The molecule has 1 heterocycles. The third-order valence-corrected chi connectivity index (χ3v) is 2.74. The Morgan fingerprint density at radius 2 is 1.89 bits per heavy atom. The largest absolute Gasteiger partial charge is 0.390 e. The van der Waals surface area contributed by atoms with Crippen LogP contribution in [0.15, 0.2) is 12.1 Å². The molecule has 0 saturated carbocycles. The second-order valence-corrected chi connectivity index (χ2v) is 4.12. The van der Waals surface area contributed by atoms with Crippen LogP contribution in [-0.4, -0.2) is 15.7 Å². The average Bonchev–Trinajstić information content (AvgIpc) is 2.51. The van der Waals surface area contributed by atoms with Crippen LogP contribution in [0.3, 0.4) is 0 Å². The summed E-state index contributed by atoms with van der Waals surface area (Å²) < 4.78 is 63.8. The summed E-state index contributed by atoms with van der Waals surface area (Å²) in [6.45, 7) is -0.481. The van der Waals surface area contributed by atoms with Crippen molar-refractivity contribution < 1.29 is 22.0 Å². The molecule has 0 aliphatic heterocycles. The second-order valence-electron chi connectivity index (χ2n) is 3.73. The molecule has 0 aliphatic rings. The van der Waals surface area contributed by atoms with E-state index in [0.717, 1.165) is 10.6 Å². The molecule has 2 aromatic rings. The molecule has 1 aromatic heterocycles. The normalized spacial score (nSPS) is 12.3. The van der Waals surface area contributed by atoms with E-state index in [9.17, 15) is 22.0 Å². The average molecular weight is 282 g/mol. The van der Waals surface area contributed by atoms with E-state index >= 15 is 0 Å². The maximum atomic E-state index is 13.4. The predicted octanol–water partition coefficient (Wildman–Crippen LogP) is 3.93. The quantitative estimate of drug-likeness (QED) is 0.654. The molecule has 0 spiro atoms. The van der Waals surface area contributed by atoms with Crippen LogP contribution in [0.5, 0.6) is 0 Å². The summed E-state index contributed by atoms with van der Waals surface area (Å²) in [6.07, 6.45) is -5.48. The number of H-pyrrole nitrogens is 1. The molecule has 0 atom stereocenters. The number of hydrogen-bond acceptors (Lipinski definition) is 1. The minimum absolute atomic E-state index is 0.0123. The standard InChI is InChI=1S/C10H7F5N2S/c11-5-3-6(12)8-7(4-5)17(9(18)16-8)2-1-10(13,14)15/h3-4H,1-2H2,(H,16,18). The van der Waals surface area contributed by atoms with Crippen molar-refractivity contribution in [3.63, 3.8) is 0 Å². The summed E-state index contributed by atoms with van der Waals surface area (Å²) in [4.78, 5) is 2.43. The number of aromatic nitrogens is 2. The molecule has 8 heteroatoms. The third kappa shape index (κ3) is 2.53. The fourth-order valence-corrected chi connectivity index (χ4v) is 1.93. The van der Waals surface area contributed by atoms with Gasteiger partial charge in [0.05, 0.1) is 11.9 Å². The van der Waals surface area contributed by atoms with E-state index in [4.69, 9.17) is 12.2 Å². The van der Waals surface area contributed by atoms with Gasteiger partial charge < -0.3 is 9.55 Å². The Balaban J connectivity index is 2.50. The van der Waals surface area contributed by atoms with E-state index in [0.29, 0.717) is 6.07 Å². The van der Waals surface area contributed by atoms with Gasteiger partial charge in [0.1, 0.15) is 11.3 Å². The molecule has 18 heavy (non-hydrogen) atoms. The van der Waals surface area contributed by atoms with Crippen molar-refractivity contribution in [1.29, 1.82) is 0 Å². The van der Waals surface area contributed by atoms with Crippen molar-refractivity contribution >= 4 is 23.3 Å². The van der Waals surface area contributed by atoms with E-state index in [1.807, 2.05) is 0 Å². The number of alkyl halides is 3. The van der Waals surface area contributed by atoms with Gasteiger partial charge in [-0.1, -0.05) is 0 Å². The first kappa shape index (κ1) is 13.0. The van der Waals surface area contributed by atoms with Gasteiger partial charge in [-0.3, -0.25) is 0 Å². The fourth-order valence-electron chi connectivity index (χ4n) is 1.64. The van der Waals surface area contributed by atoms with Gasteiger partial charge in [-0.15, -0.1) is 0 Å². The van der Waals surface area contributed by atoms with E-state index in [2.05, 4.69) is 4.98 Å². The van der Waals surface area contributed by atoms with Crippen molar-refractivity contribution in [2.75, 3.05) is 0 Å². The molecule has 0 unspecified atom stereocenters. The Morgan fingerprint density at radius 1 is 1.22 bits per heavy atom. The first-order valence-corrected chi connectivity index (χ1v) is 5.33. The number of benzene rings is 1. The lowest BCUT2D eigenvalue weighted by Gasteiger charge is -2.07. The molecule has 2 nitrogen and oxygen atoms in total. The zero-order valence-electron chi connectivity index (χ0n) is 8.81. The molecule has 0 fully saturated rings. The van der Waals surface area contributed by atoms with Gasteiger partial charge in [-0.05, 0) is 18.3 Å². The summed E-state index contributed by atoms with van der Waals surface area (Å²) >= 11 is 4.80. The first-order chi connectivity index (χ1) is 8.28. The molecule has 0 bridgehead atoms. The molecular formula is C10H7F5N2S. The molecule has 0 radical (unpaired) electrons. The number of halogens is 5. The third-order valence-electron chi connectivity index (χ3n) is 2.42. The monoisotopic (exact) mass is 282 g/mol. The Labute approximate surface area is 103 Å². The minimum Gasteiger partial charge on any atom is -0.328 e. The van der Waals surface area contributed by atoms with Crippen LogP contribution in [0.25, 0.3) is 11.0 Å². The molecule has 2 rings (SSSR count). The molecule has 1 N–H and O–H groups in total. The van der Waals surface area contributed by atoms with Gasteiger partial charge in [0.15, 0.2) is 10.6 Å². The highest BCUT2D eigenvalue weighted by molar-refractivity contribution is 7.71. The number of aryl methyl sites for hydroxylation is 1. The van der Waals surface area contributed by atoms with E-state index in [-0.39, 0.29) is 15.8 Å². The zero-order valence-corrected chi connectivity index (χ0v) is 9.63. The number of hydrogen-bond donors (Lipinski definition) is 1. The van der Waals surface area contributed by atoms with Crippen LogP contribution in [-0.2, 0) is 6.54 Å². The van der Waals surface area contributed by atoms with Crippen molar-refractivity contribution in [2.24, 2.45) is 0 Å². The zero-order chi connectivity index (χ0) is 13.5. The highest BCUT2D eigenvalue weighted by Gasteiger charge is 2.27. The number of nitrogens with one attached hydrogen (secondary N) is 1. The van der Waals surface area contributed by atoms with E-state index in [1.54, 1.807) is 0 Å². The van der Waals surface area contributed by atoms with E-state index in [1.165, 1.54) is 0 Å². The number of imidazole rings is 1. The van der Waals surface area contributed by atoms with Crippen LogP contribution in [0.4, 0.5) is 22.0 Å². The van der Waals surface area contributed by atoms with Crippen molar-refractivity contribution in [1.82, 2.24) is 9.55 Å². The maximum absolute atomic E-state index is 13.4. The number of fused-ring (bicyclic) bond motifs is 1. The van der Waals surface area contributed by atoms with Gasteiger partial charge in [-0.2, -0.15) is 13.2 Å². The lowest BCUT2D eigenvalue weighted by atomic mass is 10.3. The van der Waals surface area contributed by atoms with Crippen molar-refractivity contribution in [3.05, 3.63) is 28.5 Å². The highest BCUT2D eigenvalue weighted by atomic mass is 32.1. The Kier molecular flexibility index (Phi) is 3.14. The van der Waals surface area contributed by atoms with Crippen LogP contribution in [0.2, 0.25) is 0 Å². The molecule has 0 aliphatic carbocycles. The first-order valence-electron chi connectivity index (χ1n) is 4.92. The molecule has 98 valence electrons. The second kappa shape index (κ2) is 4.34. The molecule has 1 aromatic carbocycles. The summed E-state index contributed by atoms with van der Waals surface area (Å²) in [6, 6.07) is 1.59. The smallest absolute Gasteiger partial charge is 0.328 e. The number of rotatable bonds is 2. The van der Waals surface area contributed by atoms with Crippen LogP contribution in [0.1, 0.15) is 6.42 Å². The topological polar surface area (TPSA) is 20.7 Å². The lowest BCUT2D eigenvalue weighted by molar-refractivity contribution is -0.136. The number of nitrogens with zero attached hydrogens (tertiary/aromatic N) is 1. The maximum Gasteiger partial charge on any atom is 0.390 e. The fraction of sp³-hybridized carbons (Fsp3) is 0.300. The highest BCUT2D eigenvalue weighted by Crippen LogP contribution is 2.24. The van der Waals surface area contributed by atoms with Gasteiger partial charge in [0, 0.05) is 12.6 Å². The predicted molar refractivity (Wildman–Crippen MR) is 57.7 cm³/mol. The minimum atomic E-state index is -4.36. The summed E-state index contributed by atoms with van der Waals surface area (Å²) in [7, 11) is 0. The van der Waals surface area contributed by atoms with Gasteiger partial charge in [-0.25, -0.2) is 8.78 Å². The van der Waals surface area contributed by atoms with Crippen molar-refractivity contribution in [3.8, 4) is 0 Å². The molecular weight excluding hydrogens is 275 g/mol. The van der Waals surface area contributed by atoms with Crippen LogP contribution in [0, 0.1) is 16.4 Å². The van der Waals surface area contributed by atoms with Crippen LogP contribution >= 0.6 is 12.2 Å². The van der Waals surface area contributed by atoms with E-state index < -0.39 is 30.8 Å². The van der Waals surface area contributed by atoms with Gasteiger partial charge >= 0.3 is 6.18 Å². The van der Waals surface area contributed by atoms with Gasteiger partial charge in [0.25, 0.3) is 0 Å². The van der Waals surface area contributed by atoms with Crippen LogP contribution < -0.4 is 0 Å². The Morgan fingerprint density at radius 3 is 2.50 bits per heavy atom. The van der Waals surface area contributed by atoms with Gasteiger partial charge in [0.2, 0.25) is 0 Å².